The van der Waals surface area contributed by atoms with Crippen LogP contribution < -0.4 is 16.4 Å². The Kier molecular flexibility index (Phi) is 1.89. The van der Waals surface area contributed by atoms with Gasteiger partial charge in [-0.05, 0) is 51.8 Å². The van der Waals surface area contributed by atoms with Gasteiger partial charge in [-0.1, -0.05) is 53.9 Å². The van der Waals surface area contributed by atoms with E-state index in [9.17, 15) is 0 Å². The number of hydrogen-bond donors (Lipinski definition) is 0. The highest BCUT2D eigenvalue weighted by molar-refractivity contribution is 8.01. The molecule has 3 heteroatoms. The van der Waals surface area contributed by atoms with Crippen molar-refractivity contribution in [3.8, 4) is 11.1 Å². The molecule has 0 bridgehead atoms. The van der Waals surface area contributed by atoms with E-state index >= 15 is 0 Å². The lowest BCUT2D eigenvalue weighted by Gasteiger charge is -2.29. The Hall–Kier alpha value is -1.58. The van der Waals surface area contributed by atoms with E-state index in [0.29, 0.717) is 6.71 Å². The highest BCUT2D eigenvalue weighted by Gasteiger charge is 2.44. The minimum absolute atomic E-state index is 0.469. The van der Waals surface area contributed by atoms with Gasteiger partial charge in [0, 0.05) is 19.6 Å². The summed E-state index contributed by atoms with van der Waals surface area (Å²) in [5, 5.41) is 0. The molecule has 0 amide bonds. The van der Waals surface area contributed by atoms with Crippen LogP contribution in [-0.4, -0.2) is 6.71 Å². The lowest BCUT2D eigenvalue weighted by atomic mass is 9.38. The number of hydrogen-bond acceptors (Lipinski definition) is 2. The molecule has 0 spiro atoms. The molecule has 0 saturated heterocycles. The smallest absolute Gasteiger partial charge is 0.0911 e. The van der Waals surface area contributed by atoms with Crippen LogP contribution in [0.4, 0.5) is 0 Å². The summed E-state index contributed by atoms with van der Waals surface area (Å²) in [5.74, 6) is 0. The monoisotopic (exact) mass is 300 g/mol. The van der Waals surface area contributed by atoms with Crippen LogP contribution in [0.25, 0.3) is 11.1 Å². The van der Waals surface area contributed by atoms with Gasteiger partial charge >= 0.3 is 0 Å². The molecule has 0 aliphatic carbocycles. The zero-order valence-electron chi connectivity index (χ0n) is 11.1. The summed E-state index contributed by atoms with van der Waals surface area (Å²) >= 11 is 3.88. The van der Waals surface area contributed by atoms with Crippen molar-refractivity contribution in [2.45, 2.75) is 19.6 Å². The molecule has 0 nitrogen and oxygen atoms in total. The molecule has 0 aromatic heterocycles. The highest BCUT2D eigenvalue weighted by Crippen LogP contribution is 2.43. The zero-order valence-corrected chi connectivity index (χ0v) is 12.7. The van der Waals surface area contributed by atoms with Gasteiger partial charge in [-0.3, -0.25) is 0 Å². The van der Waals surface area contributed by atoms with Crippen LogP contribution in [0.5, 0.6) is 0 Å². The highest BCUT2D eigenvalue weighted by atomic mass is 32.2. The molecule has 3 aromatic carbocycles. The maximum absolute atomic E-state index is 2.30. The van der Waals surface area contributed by atoms with Gasteiger partial charge in [-0.15, -0.1) is 0 Å². The third kappa shape index (κ3) is 1.20. The Balaban J connectivity index is 1.86. The molecule has 21 heavy (non-hydrogen) atoms. The molecule has 96 valence electrons. The largest absolute Gasteiger partial charge is 0.248 e. The summed E-state index contributed by atoms with van der Waals surface area (Å²) in [5.41, 5.74) is 7.54. The van der Waals surface area contributed by atoms with Gasteiger partial charge in [-0.2, -0.15) is 0 Å². The van der Waals surface area contributed by atoms with E-state index in [1.54, 1.807) is 16.4 Å². The second-order valence-electron chi connectivity index (χ2n) is 5.74. The standard InChI is InChI=1S/C18H9BS2/c1-4-10-11-5-2-7-13-17(11)19-16(10)12(6-1)20-14-8-3-9-15(21-13)18(14)19/h1-9H. The predicted octanol–water partition coefficient (Wildman–Crippen LogP) is 3.11. The summed E-state index contributed by atoms with van der Waals surface area (Å²) < 4.78 is 0. The molecule has 0 saturated carbocycles. The molecule has 0 radical (unpaired) electrons. The van der Waals surface area contributed by atoms with E-state index in [4.69, 9.17) is 0 Å². The normalized spacial score (nSPS) is 15.1. The molecule has 3 aromatic rings. The van der Waals surface area contributed by atoms with Gasteiger partial charge in [0.05, 0.1) is 0 Å². The zero-order chi connectivity index (χ0) is 13.6. The van der Waals surface area contributed by atoms with Gasteiger partial charge in [0.2, 0.25) is 6.71 Å². The first-order valence-electron chi connectivity index (χ1n) is 7.16. The third-order valence-electron chi connectivity index (χ3n) is 4.75. The van der Waals surface area contributed by atoms with Gasteiger partial charge in [0.1, 0.15) is 0 Å². The summed E-state index contributed by atoms with van der Waals surface area (Å²) in [7, 11) is 0. The first kappa shape index (κ1) is 11.1. The fraction of sp³-hybridized carbons (Fsp3) is 0. The van der Waals surface area contributed by atoms with Crippen molar-refractivity contribution in [2.24, 2.45) is 0 Å². The van der Waals surface area contributed by atoms with E-state index in [-0.39, 0.29) is 0 Å². The lowest BCUT2D eigenvalue weighted by molar-refractivity contribution is 1.34. The van der Waals surface area contributed by atoms with Crippen molar-refractivity contribution >= 4 is 46.6 Å². The van der Waals surface area contributed by atoms with Crippen LogP contribution in [-0.2, 0) is 0 Å². The van der Waals surface area contributed by atoms with Crippen molar-refractivity contribution in [3.05, 3.63) is 54.6 Å². The van der Waals surface area contributed by atoms with Crippen LogP contribution in [0.3, 0.4) is 0 Å². The minimum atomic E-state index is 0.469. The Morgan fingerprint density at radius 2 is 0.952 bits per heavy atom. The van der Waals surface area contributed by atoms with Crippen LogP contribution in [0.2, 0.25) is 0 Å². The fourth-order valence-corrected chi connectivity index (χ4v) is 6.46. The Labute approximate surface area is 132 Å². The Morgan fingerprint density at radius 1 is 0.524 bits per heavy atom. The molecule has 0 N–H and O–H groups in total. The average molecular weight is 300 g/mol. The summed E-state index contributed by atoms with van der Waals surface area (Å²) in [6.45, 7) is 0.469. The number of benzene rings is 3. The van der Waals surface area contributed by atoms with Gasteiger partial charge in [0.15, 0.2) is 0 Å². The Morgan fingerprint density at radius 3 is 1.48 bits per heavy atom. The van der Waals surface area contributed by atoms with E-state index < -0.39 is 0 Å². The number of fused-ring (bicyclic) bond motifs is 1. The minimum Gasteiger partial charge on any atom is -0.0911 e. The molecular weight excluding hydrogens is 291 g/mol. The van der Waals surface area contributed by atoms with E-state index in [1.165, 1.54) is 30.7 Å². The van der Waals surface area contributed by atoms with Crippen molar-refractivity contribution in [1.29, 1.82) is 0 Å². The first-order chi connectivity index (χ1) is 10.4. The van der Waals surface area contributed by atoms with Gasteiger partial charge in [0.25, 0.3) is 0 Å². The summed E-state index contributed by atoms with van der Waals surface area (Å²) in [6, 6.07) is 20.3. The quantitative estimate of drug-likeness (QED) is 0.395. The molecule has 0 fully saturated rings. The molecule has 3 heterocycles. The Bertz CT molecular complexity index is 888. The average Bonchev–Trinajstić information content (AvgIpc) is 2.86. The molecule has 0 unspecified atom stereocenters. The van der Waals surface area contributed by atoms with E-state index in [0.717, 1.165) is 0 Å². The van der Waals surface area contributed by atoms with Crippen molar-refractivity contribution < 1.29 is 0 Å². The second kappa shape index (κ2) is 3.60. The maximum atomic E-state index is 2.30. The van der Waals surface area contributed by atoms with Crippen LogP contribution >= 0.6 is 23.5 Å². The van der Waals surface area contributed by atoms with E-state index in [2.05, 4.69) is 54.6 Å². The topological polar surface area (TPSA) is 0 Å². The van der Waals surface area contributed by atoms with E-state index in [1.807, 2.05) is 23.5 Å². The van der Waals surface area contributed by atoms with Crippen molar-refractivity contribution in [3.63, 3.8) is 0 Å². The number of rotatable bonds is 0. The predicted molar refractivity (Wildman–Crippen MR) is 91.2 cm³/mol. The summed E-state index contributed by atoms with van der Waals surface area (Å²) in [6.07, 6.45) is 0. The van der Waals surface area contributed by atoms with Crippen LogP contribution in [0, 0.1) is 0 Å². The van der Waals surface area contributed by atoms with Crippen LogP contribution in [0.15, 0.2) is 74.2 Å². The molecule has 0 atom stereocenters. The molecular formula is C18H9BS2. The van der Waals surface area contributed by atoms with Gasteiger partial charge in [-0.25, -0.2) is 0 Å². The van der Waals surface area contributed by atoms with Crippen molar-refractivity contribution in [2.75, 3.05) is 0 Å². The van der Waals surface area contributed by atoms with Crippen LogP contribution in [0.1, 0.15) is 0 Å². The SMILES string of the molecule is c1cc2c3c(c1)Sc1cccc4c1B3c1c(cccc1-4)S2. The fourth-order valence-electron chi connectivity index (χ4n) is 3.99. The maximum Gasteiger partial charge on any atom is 0.248 e. The van der Waals surface area contributed by atoms with Gasteiger partial charge < -0.3 is 0 Å². The third-order valence-corrected chi connectivity index (χ3v) is 7.06. The molecule has 3 aliphatic rings. The molecule has 6 rings (SSSR count). The first-order valence-corrected chi connectivity index (χ1v) is 8.80. The molecule has 3 aliphatic heterocycles. The summed E-state index contributed by atoms with van der Waals surface area (Å²) in [4.78, 5) is 5.77. The second-order valence-corrected chi connectivity index (χ2v) is 7.91. The van der Waals surface area contributed by atoms with Crippen molar-refractivity contribution in [1.82, 2.24) is 0 Å². The lowest BCUT2D eigenvalue weighted by Crippen LogP contribution is -2.55.